The molecule has 2 N–H and O–H groups in total. The minimum Gasteiger partial charge on any atom is -0.370 e. The van der Waals surface area contributed by atoms with Crippen molar-refractivity contribution in [2.75, 3.05) is 11.9 Å². The molecule has 0 aliphatic rings. The number of hydrogen-bond acceptors (Lipinski definition) is 3. The van der Waals surface area contributed by atoms with Gasteiger partial charge in [-0.25, -0.2) is 4.98 Å². The summed E-state index contributed by atoms with van der Waals surface area (Å²) in [5.41, 5.74) is 0.717. The van der Waals surface area contributed by atoms with Gasteiger partial charge in [0.2, 0.25) is 5.56 Å². The average molecular weight is 189 g/mol. The highest BCUT2D eigenvalue weighted by Gasteiger charge is 1.96. The Balaban J connectivity index is 2.58. The van der Waals surface area contributed by atoms with Gasteiger partial charge in [-0.05, 0) is 13.0 Å². The first kappa shape index (κ1) is 8.74. The fourth-order valence-electron chi connectivity index (χ4n) is 1.32. The highest BCUT2D eigenvalue weighted by molar-refractivity contribution is 5.79. The minimum absolute atomic E-state index is 0.0915. The van der Waals surface area contributed by atoms with Crippen molar-refractivity contribution in [2.45, 2.75) is 6.92 Å². The summed E-state index contributed by atoms with van der Waals surface area (Å²) in [6.45, 7) is 2.81. The lowest BCUT2D eigenvalue weighted by atomic mass is 10.3. The molecule has 0 unspecified atom stereocenters. The number of rotatable bonds is 2. The number of fused-ring (bicyclic) bond motifs is 1. The smallest absolute Gasteiger partial charge is 0.248 e. The topological polar surface area (TPSA) is 57.8 Å². The minimum atomic E-state index is -0.0915. The molecule has 2 aromatic heterocycles. The third-order valence-corrected chi connectivity index (χ3v) is 1.96. The summed E-state index contributed by atoms with van der Waals surface area (Å²) in [6, 6.07) is 5.09. The zero-order chi connectivity index (χ0) is 9.97. The van der Waals surface area contributed by atoms with Crippen molar-refractivity contribution in [1.82, 2.24) is 9.97 Å². The Kier molecular flexibility index (Phi) is 2.18. The highest BCUT2D eigenvalue weighted by atomic mass is 16.1. The Hall–Kier alpha value is -1.84. The molecule has 0 spiro atoms. The van der Waals surface area contributed by atoms with Crippen LogP contribution in [-0.2, 0) is 0 Å². The van der Waals surface area contributed by atoms with Crippen LogP contribution >= 0.6 is 0 Å². The molecule has 2 rings (SSSR count). The van der Waals surface area contributed by atoms with E-state index in [9.17, 15) is 4.79 Å². The maximum Gasteiger partial charge on any atom is 0.248 e. The van der Waals surface area contributed by atoms with E-state index in [1.165, 1.54) is 6.07 Å². The van der Waals surface area contributed by atoms with Crippen molar-refractivity contribution in [3.63, 3.8) is 0 Å². The molecule has 0 amide bonds. The summed E-state index contributed by atoms with van der Waals surface area (Å²) in [6.07, 6.45) is 1.74. The third-order valence-electron chi connectivity index (χ3n) is 1.96. The lowest BCUT2D eigenvalue weighted by molar-refractivity contribution is 1.16. The molecular formula is C10H11N3O. The standard InChI is InChI=1S/C10H11N3O/c1-2-11-9-5-8-7(6-12-9)3-4-10(14)13-8/h3-6H,2H2,1H3,(H,11,12)(H,13,14). The predicted molar refractivity (Wildman–Crippen MR) is 56.5 cm³/mol. The van der Waals surface area contributed by atoms with E-state index in [4.69, 9.17) is 0 Å². The SMILES string of the molecule is CCNc1cc2[nH]c(=O)ccc2cn1. The second-order valence-corrected chi connectivity index (χ2v) is 3.01. The van der Waals surface area contributed by atoms with Gasteiger partial charge < -0.3 is 10.3 Å². The van der Waals surface area contributed by atoms with Gasteiger partial charge >= 0.3 is 0 Å². The van der Waals surface area contributed by atoms with E-state index >= 15 is 0 Å². The third kappa shape index (κ3) is 1.59. The van der Waals surface area contributed by atoms with Crippen LogP contribution in [0, 0.1) is 0 Å². The molecule has 0 atom stereocenters. The molecule has 2 aromatic rings. The molecule has 4 heteroatoms. The van der Waals surface area contributed by atoms with Crippen LogP contribution in [0.2, 0.25) is 0 Å². The van der Waals surface area contributed by atoms with E-state index < -0.39 is 0 Å². The molecule has 2 heterocycles. The molecule has 0 fully saturated rings. The Labute approximate surface area is 81.0 Å². The molecular weight excluding hydrogens is 178 g/mol. The van der Waals surface area contributed by atoms with Crippen LogP contribution in [0.3, 0.4) is 0 Å². The summed E-state index contributed by atoms with van der Waals surface area (Å²) in [5.74, 6) is 0.779. The first-order valence-electron chi connectivity index (χ1n) is 4.52. The fraction of sp³-hybridized carbons (Fsp3) is 0.200. The Morgan fingerprint density at radius 1 is 1.50 bits per heavy atom. The summed E-state index contributed by atoms with van der Waals surface area (Å²) >= 11 is 0. The van der Waals surface area contributed by atoms with E-state index in [2.05, 4.69) is 15.3 Å². The Bertz CT molecular complexity index is 504. The largest absolute Gasteiger partial charge is 0.370 e. The van der Waals surface area contributed by atoms with Crippen LogP contribution in [0.4, 0.5) is 5.82 Å². The van der Waals surface area contributed by atoms with E-state index in [-0.39, 0.29) is 5.56 Å². The first-order chi connectivity index (χ1) is 6.79. The van der Waals surface area contributed by atoms with Gasteiger partial charge in [0.1, 0.15) is 5.82 Å². The van der Waals surface area contributed by atoms with Gasteiger partial charge in [0.15, 0.2) is 0 Å². The van der Waals surface area contributed by atoms with Gasteiger partial charge in [-0.2, -0.15) is 0 Å². The number of nitrogens with zero attached hydrogens (tertiary/aromatic N) is 1. The number of nitrogens with one attached hydrogen (secondary N) is 2. The van der Waals surface area contributed by atoms with Crippen LogP contribution in [0.25, 0.3) is 10.9 Å². The number of pyridine rings is 2. The van der Waals surface area contributed by atoms with Crippen molar-refractivity contribution in [1.29, 1.82) is 0 Å². The Morgan fingerprint density at radius 3 is 3.14 bits per heavy atom. The number of H-pyrrole nitrogens is 1. The lowest BCUT2D eigenvalue weighted by Crippen LogP contribution is -2.04. The van der Waals surface area contributed by atoms with E-state index in [1.54, 1.807) is 12.3 Å². The average Bonchev–Trinajstić information content (AvgIpc) is 2.17. The maximum absolute atomic E-state index is 11.1. The second kappa shape index (κ2) is 3.49. The van der Waals surface area contributed by atoms with Crippen molar-refractivity contribution in [3.05, 3.63) is 34.7 Å². The predicted octanol–water partition coefficient (Wildman–Crippen LogP) is 1.35. The molecule has 0 saturated heterocycles. The van der Waals surface area contributed by atoms with Crippen LogP contribution in [0.1, 0.15) is 6.92 Å². The number of anilines is 1. The Morgan fingerprint density at radius 2 is 2.36 bits per heavy atom. The molecule has 4 nitrogen and oxygen atoms in total. The molecule has 0 aromatic carbocycles. The van der Waals surface area contributed by atoms with Crippen LogP contribution < -0.4 is 10.9 Å². The van der Waals surface area contributed by atoms with Gasteiger partial charge in [0, 0.05) is 30.3 Å². The van der Waals surface area contributed by atoms with Gasteiger partial charge in [-0.3, -0.25) is 4.79 Å². The first-order valence-corrected chi connectivity index (χ1v) is 4.52. The van der Waals surface area contributed by atoms with E-state index in [1.807, 2.05) is 13.0 Å². The summed E-state index contributed by atoms with van der Waals surface area (Å²) < 4.78 is 0. The van der Waals surface area contributed by atoms with Crippen molar-refractivity contribution < 1.29 is 0 Å². The molecule has 0 aliphatic heterocycles. The van der Waals surface area contributed by atoms with Crippen molar-refractivity contribution in [2.24, 2.45) is 0 Å². The molecule has 0 radical (unpaired) electrons. The number of hydrogen-bond donors (Lipinski definition) is 2. The zero-order valence-corrected chi connectivity index (χ0v) is 7.87. The number of aromatic amines is 1. The lowest BCUT2D eigenvalue weighted by Gasteiger charge is -2.02. The van der Waals surface area contributed by atoms with Gasteiger partial charge in [0.05, 0.1) is 5.52 Å². The number of aromatic nitrogens is 2. The highest BCUT2D eigenvalue weighted by Crippen LogP contribution is 2.11. The summed E-state index contributed by atoms with van der Waals surface area (Å²) in [7, 11) is 0. The van der Waals surface area contributed by atoms with Crippen LogP contribution in [0.15, 0.2) is 29.2 Å². The normalized spacial score (nSPS) is 10.4. The van der Waals surface area contributed by atoms with Crippen LogP contribution in [-0.4, -0.2) is 16.5 Å². The molecule has 0 bridgehead atoms. The fourth-order valence-corrected chi connectivity index (χ4v) is 1.32. The summed E-state index contributed by atoms with van der Waals surface area (Å²) in [5, 5.41) is 4.02. The van der Waals surface area contributed by atoms with Crippen molar-refractivity contribution in [3.8, 4) is 0 Å². The van der Waals surface area contributed by atoms with Gasteiger partial charge in [-0.1, -0.05) is 0 Å². The molecule has 0 saturated carbocycles. The second-order valence-electron chi connectivity index (χ2n) is 3.01. The molecule has 0 aliphatic carbocycles. The van der Waals surface area contributed by atoms with Crippen molar-refractivity contribution >= 4 is 16.7 Å². The van der Waals surface area contributed by atoms with E-state index in [0.29, 0.717) is 0 Å². The van der Waals surface area contributed by atoms with Crippen LogP contribution in [0.5, 0.6) is 0 Å². The summed E-state index contributed by atoms with van der Waals surface area (Å²) in [4.78, 5) is 18.0. The quantitative estimate of drug-likeness (QED) is 0.749. The molecule has 72 valence electrons. The zero-order valence-electron chi connectivity index (χ0n) is 7.87. The monoisotopic (exact) mass is 189 g/mol. The van der Waals surface area contributed by atoms with Gasteiger partial charge in [-0.15, -0.1) is 0 Å². The maximum atomic E-state index is 11.1. The van der Waals surface area contributed by atoms with Gasteiger partial charge in [0.25, 0.3) is 0 Å². The van der Waals surface area contributed by atoms with E-state index in [0.717, 1.165) is 23.3 Å². The molecule has 14 heavy (non-hydrogen) atoms.